The summed E-state index contributed by atoms with van der Waals surface area (Å²) in [6.07, 6.45) is 3.90. The third kappa shape index (κ3) is 5.40. The number of fused-ring (bicyclic) bond motifs is 1. The molecule has 154 valence electrons. The number of nitrogens with one attached hydrogen (secondary N) is 2. The highest BCUT2D eigenvalue weighted by atomic mass is 31.1. The fourth-order valence-corrected chi connectivity index (χ4v) is 3.60. The molecule has 1 aliphatic rings. The molecule has 2 atom stereocenters. The Morgan fingerprint density at radius 2 is 2.25 bits per heavy atom. The number of ether oxygens (including phenoxy) is 2. The molecule has 2 aromatic heterocycles. The lowest BCUT2D eigenvalue weighted by Gasteiger charge is -2.12. The summed E-state index contributed by atoms with van der Waals surface area (Å²) < 4.78 is 24.2. The number of carbonyl (C=O) groups excluding carboxylic acids is 1. The van der Waals surface area contributed by atoms with Gasteiger partial charge in [-0.1, -0.05) is 0 Å². The predicted octanol–water partition coefficient (Wildman–Crippen LogP) is 0.973. The highest BCUT2D eigenvalue weighted by Gasteiger charge is 2.24. The Hall–Kier alpha value is -2.23. The van der Waals surface area contributed by atoms with Gasteiger partial charge in [-0.3, -0.25) is 9.88 Å². The van der Waals surface area contributed by atoms with Crippen LogP contribution in [0.4, 0.5) is 11.8 Å². The van der Waals surface area contributed by atoms with Crippen LogP contribution in [0.5, 0.6) is 0 Å². The van der Waals surface area contributed by atoms with Crippen molar-refractivity contribution in [1.29, 1.82) is 0 Å². The number of nitrogen functional groups attached to an aromatic ring is 1. The molecule has 28 heavy (non-hydrogen) atoms. The van der Waals surface area contributed by atoms with Gasteiger partial charge >= 0.3 is 5.97 Å². The van der Waals surface area contributed by atoms with Crippen LogP contribution in [0.2, 0.25) is 0 Å². The van der Waals surface area contributed by atoms with Crippen molar-refractivity contribution in [2.24, 2.45) is 0 Å². The van der Waals surface area contributed by atoms with E-state index in [0.29, 0.717) is 36.2 Å². The highest BCUT2D eigenvalue weighted by molar-refractivity contribution is 7.42. The minimum Gasteiger partial charge on any atom is -0.465 e. The number of nitrogens with two attached hydrogens (primary N) is 1. The van der Waals surface area contributed by atoms with Gasteiger partial charge in [-0.15, -0.1) is 0 Å². The number of hydrogen-bond donors (Lipinski definition) is 3. The molecule has 0 saturated heterocycles. The largest absolute Gasteiger partial charge is 0.465 e. The minimum atomic E-state index is -2.26. The summed E-state index contributed by atoms with van der Waals surface area (Å²) in [5.74, 6) is 0.394. The molecule has 1 saturated carbocycles. The monoisotopic (exact) mass is 411 g/mol. The molecule has 3 rings (SSSR count). The maximum absolute atomic E-state index is 12.0. The van der Waals surface area contributed by atoms with Crippen LogP contribution in [0.3, 0.4) is 0 Å². The van der Waals surface area contributed by atoms with Gasteiger partial charge in [0.1, 0.15) is 12.4 Å². The molecule has 0 aliphatic heterocycles. The molecule has 1 fully saturated rings. The molecule has 2 aromatic rings. The van der Waals surface area contributed by atoms with E-state index < -0.39 is 20.0 Å². The Bertz CT molecular complexity index is 855. The smallest absolute Gasteiger partial charge is 0.323 e. The summed E-state index contributed by atoms with van der Waals surface area (Å²) in [4.78, 5) is 24.4. The third-order valence-electron chi connectivity index (χ3n) is 4.13. The lowest BCUT2D eigenvalue weighted by atomic mass is 10.4. The van der Waals surface area contributed by atoms with Crippen LogP contribution >= 0.6 is 7.95 Å². The van der Waals surface area contributed by atoms with E-state index in [0.717, 1.165) is 12.8 Å². The molecule has 0 spiro atoms. The van der Waals surface area contributed by atoms with Crippen molar-refractivity contribution in [3.63, 3.8) is 0 Å². The Balaban J connectivity index is 1.49. The minimum absolute atomic E-state index is 0.0205. The van der Waals surface area contributed by atoms with Crippen LogP contribution < -0.4 is 16.1 Å². The Kier molecular flexibility index (Phi) is 6.82. The molecule has 11 nitrogen and oxygen atoms in total. The average molecular weight is 411 g/mol. The molecule has 0 amide bonds. The van der Waals surface area contributed by atoms with E-state index in [1.807, 2.05) is 4.57 Å². The Labute approximate surface area is 163 Å². The van der Waals surface area contributed by atoms with Crippen molar-refractivity contribution < 1.29 is 18.8 Å². The fourth-order valence-electron chi connectivity index (χ4n) is 2.58. The average Bonchev–Trinajstić information content (AvgIpc) is 3.37. The molecule has 4 N–H and O–H groups in total. The van der Waals surface area contributed by atoms with E-state index >= 15 is 0 Å². The van der Waals surface area contributed by atoms with Crippen LogP contribution in [0, 0.1) is 0 Å². The molecule has 12 heteroatoms. The summed E-state index contributed by atoms with van der Waals surface area (Å²) in [5.41, 5.74) is 7.11. The molecule has 1 unspecified atom stereocenters. The first kappa shape index (κ1) is 20.5. The van der Waals surface area contributed by atoms with E-state index in [9.17, 15) is 9.36 Å². The maximum Gasteiger partial charge on any atom is 0.323 e. The molecule has 0 bridgehead atoms. The topological polar surface area (TPSA) is 146 Å². The van der Waals surface area contributed by atoms with Gasteiger partial charge in [0, 0.05) is 12.6 Å². The van der Waals surface area contributed by atoms with Crippen molar-refractivity contribution in [2.45, 2.75) is 45.3 Å². The predicted molar refractivity (Wildman–Crippen MR) is 105 cm³/mol. The molecule has 1 aliphatic carbocycles. The Morgan fingerprint density at radius 1 is 1.46 bits per heavy atom. The first-order valence-corrected chi connectivity index (χ1v) is 10.9. The SMILES string of the molecule is CCOC(=O)[C@@H](C)N[PH](=O)COCCn1cnc2c(NC3CC3)nc(N)nc21. The van der Waals surface area contributed by atoms with Gasteiger partial charge in [-0.25, -0.2) is 4.98 Å². The summed E-state index contributed by atoms with van der Waals surface area (Å²) in [5, 5.41) is 6.02. The van der Waals surface area contributed by atoms with E-state index in [-0.39, 0.29) is 18.9 Å². The number of nitrogens with zero attached hydrogens (tertiary/aromatic N) is 4. The van der Waals surface area contributed by atoms with Crippen LogP contribution in [0.1, 0.15) is 26.7 Å². The van der Waals surface area contributed by atoms with Gasteiger partial charge < -0.3 is 29.7 Å². The molecule has 0 aromatic carbocycles. The number of imidazole rings is 1. The third-order valence-corrected chi connectivity index (χ3v) is 5.35. The summed E-state index contributed by atoms with van der Waals surface area (Å²) >= 11 is 0. The van der Waals surface area contributed by atoms with E-state index in [4.69, 9.17) is 15.2 Å². The van der Waals surface area contributed by atoms with Gasteiger partial charge in [0.25, 0.3) is 0 Å². The van der Waals surface area contributed by atoms with E-state index in [2.05, 4.69) is 25.4 Å². The zero-order valence-electron chi connectivity index (χ0n) is 16.0. The normalized spacial score (nSPS) is 16.1. The highest BCUT2D eigenvalue weighted by Crippen LogP contribution is 2.27. The van der Waals surface area contributed by atoms with Crippen LogP contribution in [-0.2, 0) is 25.4 Å². The van der Waals surface area contributed by atoms with E-state index in [1.165, 1.54) is 0 Å². The van der Waals surface area contributed by atoms with Gasteiger partial charge in [-0.2, -0.15) is 9.97 Å². The van der Waals surface area contributed by atoms with Crippen LogP contribution in [-0.4, -0.2) is 57.1 Å². The van der Waals surface area contributed by atoms with Gasteiger partial charge in [0.2, 0.25) is 5.95 Å². The molecular formula is C16H26N7O4P. The van der Waals surface area contributed by atoms with Crippen molar-refractivity contribution in [3.8, 4) is 0 Å². The Morgan fingerprint density at radius 3 is 2.96 bits per heavy atom. The number of aromatic nitrogens is 4. The number of esters is 1. The second-order valence-corrected chi connectivity index (χ2v) is 7.98. The quantitative estimate of drug-likeness (QED) is 0.278. The standard InChI is InChI=1S/C16H26N7O4P/c1-3-27-15(24)10(2)22-28(25)9-26-7-6-23-8-18-12-13(19-11-4-5-11)20-16(17)21-14(12)23/h8,10-11,28H,3-7,9H2,1-2H3,(H,22,25)(H3,17,19,20,21)/t10-/m1/s1. The van der Waals surface area contributed by atoms with Crippen LogP contribution in [0.15, 0.2) is 6.33 Å². The van der Waals surface area contributed by atoms with E-state index in [1.54, 1.807) is 20.2 Å². The zero-order chi connectivity index (χ0) is 20.1. The lowest BCUT2D eigenvalue weighted by Crippen LogP contribution is -2.31. The number of hydrogen-bond acceptors (Lipinski definition) is 9. The first-order chi connectivity index (χ1) is 13.5. The van der Waals surface area contributed by atoms with Crippen molar-refractivity contribution >= 4 is 36.9 Å². The number of carbonyl (C=O) groups is 1. The van der Waals surface area contributed by atoms with Crippen LogP contribution in [0.25, 0.3) is 11.2 Å². The van der Waals surface area contributed by atoms with Crippen molar-refractivity contribution in [3.05, 3.63) is 6.33 Å². The lowest BCUT2D eigenvalue weighted by molar-refractivity contribution is -0.144. The number of anilines is 2. The molecule has 2 heterocycles. The van der Waals surface area contributed by atoms with Gasteiger partial charge in [-0.05, 0) is 26.7 Å². The molecular weight excluding hydrogens is 385 g/mol. The van der Waals surface area contributed by atoms with Gasteiger partial charge in [0.15, 0.2) is 24.9 Å². The van der Waals surface area contributed by atoms with Crippen molar-refractivity contribution in [1.82, 2.24) is 24.6 Å². The molecule has 0 radical (unpaired) electrons. The number of rotatable bonds is 11. The second-order valence-electron chi connectivity index (χ2n) is 6.55. The van der Waals surface area contributed by atoms with Gasteiger partial charge in [0.05, 0.1) is 19.5 Å². The second kappa shape index (κ2) is 9.31. The maximum atomic E-state index is 12.0. The summed E-state index contributed by atoms with van der Waals surface area (Å²) in [6, 6.07) is -0.210. The summed E-state index contributed by atoms with van der Waals surface area (Å²) in [6.45, 7) is 4.40. The first-order valence-electron chi connectivity index (χ1n) is 9.26. The van der Waals surface area contributed by atoms with Crippen molar-refractivity contribution in [2.75, 3.05) is 30.6 Å². The fraction of sp³-hybridized carbons (Fsp3) is 0.625. The summed E-state index contributed by atoms with van der Waals surface area (Å²) in [7, 11) is -2.26. The zero-order valence-corrected chi connectivity index (χ0v) is 17.0.